The summed E-state index contributed by atoms with van der Waals surface area (Å²) in [7, 11) is 1.97. The van der Waals surface area contributed by atoms with Crippen LogP contribution >= 0.6 is 0 Å². The lowest BCUT2D eigenvalue weighted by molar-refractivity contribution is -0.182. The largest absolute Gasteiger partial charge is 0.381 e. The molecule has 0 saturated carbocycles. The second-order valence-corrected chi connectivity index (χ2v) is 8.48. The average molecular weight is 364 g/mol. The van der Waals surface area contributed by atoms with Gasteiger partial charge in [-0.25, -0.2) is 0 Å². The second kappa shape index (κ2) is 8.38. The van der Waals surface area contributed by atoms with Crippen LogP contribution in [0.4, 0.5) is 0 Å². The molecule has 0 N–H and O–H groups in total. The number of aryl methyl sites for hydroxylation is 1. The minimum absolute atomic E-state index is 0.103. The van der Waals surface area contributed by atoms with E-state index in [0.29, 0.717) is 5.92 Å². The molecule has 0 bridgehead atoms. The maximum atomic E-state index is 6.19. The van der Waals surface area contributed by atoms with Gasteiger partial charge in [-0.05, 0) is 43.9 Å². The molecule has 6 heteroatoms. The molecule has 1 spiro atoms. The van der Waals surface area contributed by atoms with Crippen LogP contribution in [0.5, 0.6) is 0 Å². The quantitative estimate of drug-likeness (QED) is 0.696. The number of rotatable bonds is 7. The van der Waals surface area contributed by atoms with Gasteiger partial charge in [0.2, 0.25) is 0 Å². The molecule has 4 rings (SSSR count). The maximum absolute atomic E-state index is 6.19. The Hall–Kier alpha value is -0.950. The molecule has 3 fully saturated rings. The fourth-order valence-corrected chi connectivity index (χ4v) is 4.70. The lowest BCUT2D eigenvalue weighted by Gasteiger charge is -2.53. The van der Waals surface area contributed by atoms with Gasteiger partial charge in [0.1, 0.15) is 0 Å². The molecule has 26 heavy (non-hydrogen) atoms. The zero-order valence-electron chi connectivity index (χ0n) is 16.1. The highest BCUT2D eigenvalue weighted by atomic mass is 16.5. The molecule has 0 amide bonds. The number of hydrogen-bond acceptors (Lipinski definition) is 5. The van der Waals surface area contributed by atoms with Gasteiger partial charge in [0.05, 0.1) is 11.8 Å². The highest BCUT2D eigenvalue weighted by Gasteiger charge is 2.47. The molecule has 1 unspecified atom stereocenters. The molecule has 4 heterocycles. The summed E-state index contributed by atoms with van der Waals surface area (Å²) in [6, 6.07) is 0. The summed E-state index contributed by atoms with van der Waals surface area (Å²) >= 11 is 0. The molecular weight excluding hydrogens is 330 g/mol. The standard InChI is InChI=1S/C20H33N3O3/c1-22-12-19(11-21-22)13-23-15-20(16-23)10-17(5-9-26-20)2-8-25-14-18-3-6-24-7-4-18/h11-12,17-18H,2-10,13-16H2,1H3. The van der Waals surface area contributed by atoms with Crippen LogP contribution in [0.1, 0.15) is 37.7 Å². The lowest BCUT2D eigenvalue weighted by Crippen LogP contribution is -2.64. The van der Waals surface area contributed by atoms with E-state index >= 15 is 0 Å². The normalized spacial score (nSPS) is 26.9. The van der Waals surface area contributed by atoms with E-state index in [1.54, 1.807) is 0 Å². The number of hydrogen-bond donors (Lipinski definition) is 0. The summed E-state index contributed by atoms with van der Waals surface area (Å²) in [5, 5.41) is 4.26. The van der Waals surface area contributed by atoms with Crippen molar-refractivity contribution in [2.75, 3.05) is 46.1 Å². The van der Waals surface area contributed by atoms with Crippen LogP contribution in [0.2, 0.25) is 0 Å². The third kappa shape index (κ3) is 4.66. The molecule has 1 aromatic heterocycles. The van der Waals surface area contributed by atoms with Crippen molar-refractivity contribution in [3.8, 4) is 0 Å². The molecule has 3 saturated heterocycles. The highest BCUT2D eigenvalue weighted by molar-refractivity contribution is 5.08. The first-order valence-electron chi connectivity index (χ1n) is 10.2. The Morgan fingerprint density at radius 1 is 1.19 bits per heavy atom. The van der Waals surface area contributed by atoms with Gasteiger partial charge in [-0.15, -0.1) is 0 Å². The molecule has 0 aromatic carbocycles. The van der Waals surface area contributed by atoms with Crippen LogP contribution in [0.25, 0.3) is 0 Å². The molecule has 6 nitrogen and oxygen atoms in total. The van der Waals surface area contributed by atoms with Crippen LogP contribution in [-0.4, -0.2) is 66.4 Å². The smallest absolute Gasteiger partial charge is 0.0937 e. The first-order chi connectivity index (χ1) is 12.7. The average Bonchev–Trinajstić information content (AvgIpc) is 3.04. The summed E-state index contributed by atoms with van der Waals surface area (Å²) in [4.78, 5) is 2.47. The van der Waals surface area contributed by atoms with E-state index < -0.39 is 0 Å². The molecule has 3 aliphatic heterocycles. The zero-order chi connectivity index (χ0) is 17.8. The van der Waals surface area contributed by atoms with E-state index in [9.17, 15) is 0 Å². The Morgan fingerprint density at radius 3 is 2.77 bits per heavy atom. The fraction of sp³-hybridized carbons (Fsp3) is 0.850. The Morgan fingerprint density at radius 2 is 2.00 bits per heavy atom. The monoisotopic (exact) mass is 363 g/mol. The molecule has 0 radical (unpaired) electrons. The van der Waals surface area contributed by atoms with Crippen molar-refractivity contribution in [3.05, 3.63) is 18.0 Å². The van der Waals surface area contributed by atoms with E-state index in [2.05, 4.69) is 16.2 Å². The predicted molar refractivity (Wildman–Crippen MR) is 98.9 cm³/mol. The zero-order valence-corrected chi connectivity index (χ0v) is 16.1. The summed E-state index contributed by atoms with van der Waals surface area (Å²) in [5.74, 6) is 1.46. The van der Waals surface area contributed by atoms with Crippen LogP contribution in [0, 0.1) is 11.8 Å². The van der Waals surface area contributed by atoms with Crippen molar-refractivity contribution in [1.29, 1.82) is 0 Å². The van der Waals surface area contributed by atoms with Gasteiger partial charge in [0, 0.05) is 71.5 Å². The number of likely N-dealkylation sites (tertiary alicyclic amines) is 1. The minimum atomic E-state index is 0.103. The molecule has 1 atom stereocenters. The van der Waals surface area contributed by atoms with E-state index in [4.69, 9.17) is 14.2 Å². The third-order valence-corrected chi connectivity index (χ3v) is 6.15. The van der Waals surface area contributed by atoms with Crippen molar-refractivity contribution < 1.29 is 14.2 Å². The lowest BCUT2D eigenvalue weighted by atomic mass is 9.79. The minimum Gasteiger partial charge on any atom is -0.381 e. The first kappa shape index (κ1) is 18.4. The molecule has 1 aromatic rings. The van der Waals surface area contributed by atoms with Gasteiger partial charge < -0.3 is 14.2 Å². The third-order valence-electron chi connectivity index (χ3n) is 6.15. The Balaban J connectivity index is 1.14. The fourth-order valence-electron chi connectivity index (χ4n) is 4.70. The van der Waals surface area contributed by atoms with Crippen molar-refractivity contribution in [3.63, 3.8) is 0 Å². The number of ether oxygens (including phenoxy) is 3. The van der Waals surface area contributed by atoms with Crippen molar-refractivity contribution in [1.82, 2.24) is 14.7 Å². The topological polar surface area (TPSA) is 48.8 Å². The van der Waals surface area contributed by atoms with Gasteiger partial charge in [-0.3, -0.25) is 9.58 Å². The number of nitrogens with zero attached hydrogens (tertiary/aromatic N) is 3. The van der Waals surface area contributed by atoms with Crippen LogP contribution < -0.4 is 0 Å². The van der Waals surface area contributed by atoms with Crippen LogP contribution in [0.15, 0.2) is 12.4 Å². The molecular formula is C20H33N3O3. The SMILES string of the molecule is Cn1cc(CN2CC3(CC(CCOCC4CCOCC4)CCO3)C2)cn1. The highest BCUT2D eigenvalue weighted by Crippen LogP contribution is 2.38. The van der Waals surface area contributed by atoms with Gasteiger partial charge in [0.25, 0.3) is 0 Å². The second-order valence-electron chi connectivity index (χ2n) is 8.48. The Labute approximate surface area is 156 Å². The van der Waals surface area contributed by atoms with Crippen molar-refractivity contribution in [2.45, 2.75) is 44.2 Å². The molecule has 146 valence electrons. The van der Waals surface area contributed by atoms with E-state index in [1.165, 1.54) is 24.8 Å². The van der Waals surface area contributed by atoms with E-state index in [1.807, 2.05) is 17.9 Å². The van der Waals surface area contributed by atoms with Crippen LogP contribution in [-0.2, 0) is 27.8 Å². The summed E-state index contributed by atoms with van der Waals surface area (Å²) in [6.07, 6.45) is 9.94. The molecule has 3 aliphatic rings. The Kier molecular flexibility index (Phi) is 5.93. The van der Waals surface area contributed by atoms with Gasteiger partial charge in [0.15, 0.2) is 0 Å². The van der Waals surface area contributed by atoms with E-state index in [0.717, 1.165) is 71.4 Å². The summed E-state index contributed by atoms with van der Waals surface area (Å²) in [5.41, 5.74) is 1.39. The van der Waals surface area contributed by atoms with Crippen molar-refractivity contribution in [2.24, 2.45) is 18.9 Å². The predicted octanol–water partition coefficient (Wildman–Crippen LogP) is 2.23. The van der Waals surface area contributed by atoms with Gasteiger partial charge >= 0.3 is 0 Å². The van der Waals surface area contributed by atoms with Crippen LogP contribution in [0.3, 0.4) is 0 Å². The summed E-state index contributed by atoms with van der Waals surface area (Å²) < 4.78 is 19.5. The summed E-state index contributed by atoms with van der Waals surface area (Å²) in [6.45, 7) is 7.64. The Bertz CT molecular complexity index is 564. The van der Waals surface area contributed by atoms with Gasteiger partial charge in [-0.1, -0.05) is 0 Å². The molecule has 0 aliphatic carbocycles. The first-order valence-corrected chi connectivity index (χ1v) is 10.2. The van der Waals surface area contributed by atoms with E-state index in [-0.39, 0.29) is 5.60 Å². The number of aromatic nitrogens is 2. The van der Waals surface area contributed by atoms with Gasteiger partial charge in [-0.2, -0.15) is 5.10 Å². The maximum Gasteiger partial charge on any atom is 0.0937 e. The van der Waals surface area contributed by atoms with Crippen molar-refractivity contribution >= 4 is 0 Å².